The molecule has 0 aliphatic rings. The first-order chi connectivity index (χ1) is 11.1. The van der Waals surface area contributed by atoms with Crippen LogP contribution in [0.1, 0.15) is 15.2 Å². The number of thiophene rings is 1. The molecule has 1 aromatic carbocycles. The van der Waals surface area contributed by atoms with E-state index >= 15 is 0 Å². The first kappa shape index (κ1) is 15.6. The Morgan fingerprint density at radius 1 is 1.26 bits per heavy atom. The lowest BCUT2D eigenvalue weighted by Gasteiger charge is -2.08. The molecule has 1 amide bonds. The summed E-state index contributed by atoms with van der Waals surface area (Å²) in [5, 5.41) is 5.06. The van der Waals surface area contributed by atoms with E-state index in [-0.39, 0.29) is 5.56 Å². The summed E-state index contributed by atoms with van der Waals surface area (Å²) in [4.78, 5) is 17.2. The lowest BCUT2D eigenvalue weighted by atomic mass is 10.1. The number of carbonyl (C=O) groups is 1. The molecule has 0 aliphatic heterocycles. The van der Waals surface area contributed by atoms with Crippen molar-refractivity contribution in [1.29, 1.82) is 0 Å². The highest BCUT2D eigenvalue weighted by atomic mass is 35.5. The van der Waals surface area contributed by atoms with E-state index < -0.39 is 11.7 Å². The molecule has 0 fully saturated rings. The number of aromatic nitrogens is 1. The van der Waals surface area contributed by atoms with E-state index in [2.05, 4.69) is 10.3 Å². The summed E-state index contributed by atoms with van der Waals surface area (Å²) in [6.07, 6.45) is 1.58. The van der Waals surface area contributed by atoms with Crippen LogP contribution in [-0.2, 0) is 6.54 Å². The zero-order valence-electron chi connectivity index (χ0n) is 11.9. The van der Waals surface area contributed by atoms with E-state index in [9.17, 15) is 9.18 Å². The lowest BCUT2D eigenvalue weighted by Crippen LogP contribution is -2.23. The molecular weight excluding hydrogens is 335 g/mol. The van der Waals surface area contributed by atoms with Crippen molar-refractivity contribution in [3.8, 4) is 11.3 Å². The van der Waals surface area contributed by atoms with Gasteiger partial charge in [-0.05, 0) is 35.7 Å². The van der Waals surface area contributed by atoms with E-state index in [0.29, 0.717) is 22.8 Å². The quantitative estimate of drug-likeness (QED) is 0.754. The Bertz CT molecular complexity index is 836. The molecule has 0 radical (unpaired) electrons. The number of nitrogens with zero attached hydrogens (tertiary/aromatic N) is 1. The maximum absolute atomic E-state index is 14.3. The van der Waals surface area contributed by atoms with Crippen molar-refractivity contribution in [2.45, 2.75) is 6.54 Å². The zero-order valence-corrected chi connectivity index (χ0v) is 13.5. The van der Waals surface area contributed by atoms with Gasteiger partial charge in [0.25, 0.3) is 5.91 Å². The van der Waals surface area contributed by atoms with Gasteiger partial charge in [0.15, 0.2) is 0 Å². The van der Waals surface area contributed by atoms with Crippen molar-refractivity contribution < 1.29 is 9.18 Å². The molecule has 2 aromatic heterocycles. The van der Waals surface area contributed by atoms with Crippen LogP contribution in [-0.4, -0.2) is 10.9 Å². The Morgan fingerprint density at radius 2 is 2.13 bits per heavy atom. The third-order valence-electron chi connectivity index (χ3n) is 3.25. The highest BCUT2D eigenvalue weighted by Gasteiger charge is 2.14. The second-order valence-corrected chi connectivity index (χ2v) is 6.23. The summed E-state index contributed by atoms with van der Waals surface area (Å²) in [7, 11) is 0. The maximum atomic E-state index is 14.3. The van der Waals surface area contributed by atoms with Gasteiger partial charge in [0, 0.05) is 16.6 Å². The Labute approximate surface area is 141 Å². The summed E-state index contributed by atoms with van der Waals surface area (Å²) in [6, 6.07) is 11.6. The van der Waals surface area contributed by atoms with Gasteiger partial charge in [-0.15, -0.1) is 11.3 Å². The minimum Gasteiger partial charge on any atom is -0.347 e. The molecule has 0 unspecified atom stereocenters. The van der Waals surface area contributed by atoms with Crippen LogP contribution < -0.4 is 5.32 Å². The lowest BCUT2D eigenvalue weighted by molar-refractivity contribution is 0.0947. The fraction of sp³-hybridized carbons (Fsp3) is 0.0588. The SMILES string of the molecule is O=C(NCc1cccs1)c1ccc(-c2ncccc2Cl)cc1F. The third-order valence-corrected chi connectivity index (χ3v) is 4.43. The summed E-state index contributed by atoms with van der Waals surface area (Å²) < 4.78 is 14.3. The van der Waals surface area contributed by atoms with Crippen molar-refractivity contribution in [2.75, 3.05) is 0 Å². The number of hydrogen-bond donors (Lipinski definition) is 1. The number of amides is 1. The summed E-state index contributed by atoms with van der Waals surface area (Å²) in [5.41, 5.74) is 1.01. The first-order valence-corrected chi connectivity index (χ1v) is 8.12. The largest absolute Gasteiger partial charge is 0.347 e. The van der Waals surface area contributed by atoms with E-state index in [1.807, 2.05) is 17.5 Å². The monoisotopic (exact) mass is 346 g/mol. The van der Waals surface area contributed by atoms with E-state index in [4.69, 9.17) is 11.6 Å². The standard InChI is InChI=1S/C17H12ClFN2OS/c18-14-4-1-7-20-16(14)11-5-6-13(15(19)9-11)17(22)21-10-12-3-2-8-23-12/h1-9H,10H2,(H,21,22). The highest BCUT2D eigenvalue weighted by molar-refractivity contribution is 7.09. The number of rotatable bonds is 4. The zero-order chi connectivity index (χ0) is 16.2. The van der Waals surface area contributed by atoms with Crippen LogP contribution in [0.5, 0.6) is 0 Å². The molecule has 2 heterocycles. The van der Waals surface area contributed by atoms with Gasteiger partial charge in [0.1, 0.15) is 5.82 Å². The second-order valence-electron chi connectivity index (χ2n) is 4.79. The summed E-state index contributed by atoms with van der Waals surface area (Å²) in [5.74, 6) is -1.05. The Balaban J connectivity index is 1.79. The molecule has 0 spiro atoms. The number of pyridine rings is 1. The molecule has 3 nitrogen and oxygen atoms in total. The average Bonchev–Trinajstić information content (AvgIpc) is 3.06. The molecule has 3 aromatic rings. The van der Waals surface area contributed by atoms with Crippen molar-refractivity contribution in [3.63, 3.8) is 0 Å². The number of nitrogens with one attached hydrogen (secondary N) is 1. The van der Waals surface area contributed by atoms with Gasteiger partial charge in [-0.1, -0.05) is 23.7 Å². The average molecular weight is 347 g/mol. The predicted molar refractivity (Wildman–Crippen MR) is 90.1 cm³/mol. The molecule has 3 rings (SSSR count). The van der Waals surface area contributed by atoms with Gasteiger partial charge in [-0.3, -0.25) is 9.78 Å². The number of carbonyl (C=O) groups excluding carboxylic acids is 1. The predicted octanol–water partition coefficient (Wildman–Crippen LogP) is 4.53. The smallest absolute Gasteiger partial charge is 0.254 e. The van der Waals surface area contributed by atoms with Crippen LogP contribution in [0, 0.1) is 5.82 Å². The second kappa shape index (κ2) is 6.89. The van der Waals surface area contributed by atoms with E-state index in [1.54, 1.807) is 24.4 Å². The molecule has 0 bridgehead atoms. The van der Waals surface area contributed by atoms with Gasteiger partial charge in [0.2, 0.25) is 0 Å². The van der Waals surface area contributed by atoms with Crippen LogP contribution in [0.25, 0.3) is 11.3 Å². The van der Waals surface area contributed by atoms with Gasteiger partial charge in [-0.2, -0.15) is 0 Å². The van der Waals surface area contributed by atoms with Crippen LogP contribution in [0.2, 0.25) is 5.02 Å². The minimum atomic E-state index is -0.604. The number of halogens is 2. The minimum absolute atomic E-state index is 0.00244. The van der Waals surface area contributed by atoms with Crippen LogP contribution in [0.15, 0.2) is 54.0 Å². The molecule has 6 heteroatoms. The molecule has 0 saturated heterocycles. The van der Waals surface area contributed by atoms with E-state index in [1.165, 1.54) is 23.5 Å². The number of benzene rings is 1. The van der Waals surface area contributed by atoms with Crippen molar-refractivity contribution in [3.05, 3.63) is 75.3 Å². The fourth-order valence-corrected chi connectivity index (χ4v) is 3.00. The molecule has 0 saturated carbocycles. The maximum Gasteiger partial charge on any atom is 0.254 e. The first-order valence-electron chi connectivity index (χ1n) is 6.86. The van der Waals surface area contributed by atoms with Crippen LogP contribution in [0.3, 0.4) is 0 Å². The topological polar surface area (TPSA) is 42.0 Å². The molecule has 0 aliphatic carbocycles. The molecule has 23 heavy (non-hydrogen) atoms. The highest BCUT2D eigenvalue weighted by Crippen LogP contribution is 2.26. The van der Waals surface area contributed by atoms with Gasteiger partial charge in [0.05, 0.1) is 22.8 Å². The Kier molecular flexibility index (Phi) is 4.69. The van der Waals surface area contributed by atoms with E-state index in [0.717, 1.165) is 4.88 Å². The van der Waals surface area contributed by atoms with Crippen molar-refractivity contribution in [2.24, 2.45) is 0 Å². The summed E-state index contributed by atoms with van der Waals surface area (Å²) >= 11 is 7.59. The Morgan fingerprint density at radius 3 is 2.83 bits per heavy atom. The fourth-order valence-electron chi connectivity index (χ4n) is 2.12. The van der Waals surface area contributed by atoms with Crippen LogP contribution in [0.4, 0.5) is 4.39 Å². The molecular formula is C17H12ClFN2OS. The Hall–Kier alpha value is -2.24. The molecule has 1 N–H and O–H groups in total. The third kappa shape index (κ3) is 3.57. The van der Waals surface area contributed by atoms with Crippen LogP contribution >= 0.6 is 22.9 Å². The molecule has 116 valence electrons. The summed E-state index contributed by atoms with van der Waals surface area (Å²) in [6.45, 7) is 0.379. The van der Waals surface area contributed by atoms with Gasteiger partial charge < -0.3 is 5.32 Å². The van der Waals surface area contributed by atoms with Gasteiger partial charge >= 0.3 is 0 Å². The number of hydrogen-bond acceptors (Lipinski definition) is 3. The van der Waals surface area contributed by atoms with Crippen molar-refractivity contribution >= 4 is 28.8 Å². The molecule has 0 atom stereocenters. The van der Waals surface area contributed by atoms with Gasteiger partial charge in [-0.25, -0.2) is 4.39 Å². The van der Waals surface area contributed by atoms with Crippen molar-refractivity contribution in [1.82, 2.24) is 10.3 Å². The normalized spacial score (nSPS) is 10.5.